The van der Waals surface area contributed by atoms with Crippen LogP contribution in [0.25, 0.3) is 0 Å². The summed E-state index contributed by atoms with van der Waals surface area (Å²) in [7, 11) is 1.28. The first-order valence-electron chi connectivity index (χ1n) is 27.6. The van der Waals surface area contributed by atoms with Gasteiger partial charge in [0.2, 0.25) is 5.91 Å². The summed E-state index contributed by atoms with van der Waals surface area (Å²) in [6.07, 6.45) is 55.6. The van der Waals surface area contributed by atoms with Crippen molar-refractivity contribution in [3.05, 3.63) is 12.2 Å². The average Bonchev–Trinajstić information content (AvgIpc) is 3.24. The number of nitrogens with zero attached hydrogens (tertiary/aromatic N) is 1. The number of phosphoric acid groups is 1. The second-order valence-corrected chi connectivity index (χ2v) is 21.7. The molecule has 0 aliphatic heterocycles. The van der Waals surface area contributed by atoms with E-state index in [0.717, 1.165) is 38.5 Å². The maximum atomic E-state index is 12.9. The Kier molecular flexibility index (Phi) is 45.8. The molecule has 63 heavy (non-hydrogen) atoms. The molecule has 3 atom stereocenters. The van der Waals surface area contributed by atoms with Gasteiger partial charge < -0.3 is 28.8 Å². The Morgan fingerprint density at radius 3 is 1.19 bits per heavy atom. The zero-order chi connectivity index (χ0) is 46.4. The molecule has 0 bridgehead atoms. The standard InChI is InChI=1S/C54H109N2O6P/c1-6-8-10-12-14-16-18-20-22-24-26-27-28-30-32-34-36-38-40-42-44-46-48-54(58)55-52(51-62-63(59,60)61-50-49-56(3,4)5)53(57)47-45-43-41-39-37-35-33-31-29-25-23-21-19-17-15-13-11-9-7-2/h45,47,52-53,57H,6-44,46,48-51H2,1-5H3,(H-,55,58,59,60)/b47-45+. The fraction of sp³-hybridized carbons (Fsp3) is 0.944. The molecule has 0 heterocycles. The maximum absolute atomic E-state index is 12.9. The second kappa shape index (κ2) is 46.4. The van der Waals surface area contributed by atoms with E-state index < -0.39 is 20.0 Å². The summed E-state index contributed by atoms with van der Waals surface area (Å²) in [5.74, 6) is -0.191. The molecule has 376 valence electrons. The number of unbranched alkanes of at least 4 members (excludes halogenated alkanes) is 38. The Hall–Kier alpha value is -0.760. The molecule has 0 aliphatic rings. The average molecular weight is 913 g/mol. The van der Waals surface area contributed by atoms with Crippen molar-refractivity contribution < 1.29 is 32.9 Å². The number of likely N-dealkylation sites (N-methyl/N-ethyl adjacent to an activating group) is 1. The summed E-state index contributed by atoms with van der Waals surface area (Å²) < 4.78 is 23.3. The van der Waals surface area contributed by atoms with E-state index in [1.807, 2.05) is 27.2 Å². The highest BCUT2D eigenvalue weighted by atomic mass is 31.2. The number of aliphatic hydroxyl groups excluding tert-OH is 1. The highest BCUT2D eigenvalue weighted by molar-refractivity contribution is 7.45. The predicted octanol–water partition coefficient (Wildman–Crippen LogP) is 15.6. The molecule has 0 aromatic heterocycles. The van der Waals surface area contributed by atoms with E-state index in [9.17, 15) is 19.4 Å². The van der Waals surface area contributed by atoms with Crippen molar-refractivity contribution in [2.24, 2.45) is 0 Å². The highest BCUT2D eigenvalue weighted by Crippen LogP contribution is 2.38. The van der Waals surface area contributed by atoms with Gasteiger partial charge >= 0.3 is 0 Å². The first-order chi connectivity index (χ1) is 30.5. The molecule has 0 fully saturated rings. The number of allylic oxidation sites excluding steroid dienone is 1. The van der Waals surface area contributed by atoms with Gasteiger partial charge in [-0.15, -0.1) is 0 Å². The number of phosphoric ester groups is 1. The van der Waals surface area contributed by atoms with Crippen LogP contribution in [0.5, 0.6) is 0 Å². The lowest BCUT2D eigenvalue weighted by molar-refractivity contribution is -0.870. The lowest BCUT2D eigenvalue weighted by Crippen LogP contribution is -2.45. The second-order valence-electron chi connectivity index (χ2n) is 20.3. The molecule has 0 saturated heterocycles. The van der Waals surface area contributed by atoms with Gasteiger partial charge in [-0.05, 0) is 19.3 Å². The van der Waals surface area contributed by atoms with Gasteiger partial charge in [0.1, 0.15) is 13.2 Å². The van der Waals surface area contributed by atoms with Gasteiger partial charge in [0.05, 0.1) is 39.9 Å². The normalized spacial score (nSPS) is 14.1. The van der Waals surface area contributed by atoms with Gasteiger partial charge in [-0.2, -0.15) is 0 Å². The van der Waals surface area contributed by atoms with Crippen LogP contribution in [0, 0.1) is 0 Å². The van der Waals surface area contributed by atoms with Crippen molar-refractivity contribution in [3.8, 4) is 0 Å². The zero-order valence-corrected chi connectivity index (χ0v) is 43.7. The molecule has 0 aromatic carbocycles. The monoisotopic (exact) mass is 913 g/mol. The van der Waals surface area contributed by atoms with Crippen LogP contribution in [0.15, 0.2) is 12.2 Å². The molecule has 0 aliphatic carbocycles. The molecule has 0 rings (SSSR count). The third-order valence-corrected chi connectivity index (χ3v) is 13.7. The molecule has 1 amide bonds. The molecule has 3 unspecified atom stereocenters. The summed E-state index contributed by atoms with van der Waals surface area (Å²) in [5, 5.41) is 13.9. The molecule has 0 spiro atoms. The fourth-order valence-electron chi connectivity index (χ4n) is 8.39. The van der Waals surface area contributed by atoms with Crippen molar-refractivity contribution in [2.45, 2.75) is 289 Å². The molecular weight excluding hydrogens is 804 g/mol. The first kappa shape index (κ1) is 62.2. The van der Waals surface area contributed by atoms with Crippen molar-refractivity contribution in [1.82, 2.24) is 5.32 Å². The summed E-state index contributed by atoms with van der Waals surface area (Å²) in [6.45, 7) is 4.70. The van der Waals surface area contributed by atoms with Crippen LogP contribution >= 0.6 is 7.82 Å². The lowest BCUT2D eigenvalue weighted by atomic mass is 10.0. The maximum Gasteiger partial charge on any atom is 0.268 e. The molecule has 8 nitrogen and oxygen atoms in total. The van der Waals surface area contributed by atoms with E-state index in [2.05, 4.69) is 19.2 Å². The van der Waals surface area contributed by atoms with E-state index in [0.29, 0.717) is 17.4 Å². The molecular formula is C54H109N2O6P. The van der Waals surface area contributed by atoms with Crippen LogP contribution in [0.3, 0.4) is 0 Å². The number of rotatable bonds is 51. The number of hydrogen-bond donors (Lipinski definition) is 2. The van der Waals surface area contributed by atoms with Gasteiger partial charge in [0.15, 0.2) is 0 Å². The number of carbonyl (C=O) groups excluding carboxylic acids is 1. The SMILES string of the molecule is CCCCCCCCCCCCCCCCCCC/C=C/C(O)C(COP(=O)([O-])OCC[N+](C)(C)C)NC(=O)CCCCCCCCCCCCCCCCCCCCCCCC. The predicted molar refractivity (Wildman–Crippen MR) is 270 cm³/mol. The molecule has 0 aromatic rings. The zero-order valence-electron chi connectivity index (χ0n) is 42.8. The Morgan fingerprint density at radius 2 is 0.857 bits per heavy atom. The van der Waals surface area contributed by atoms with E-state index in [4.69, 9.17) is 9.05 Å². The highest BCUT2D eigenvalue weighted by Gasteiger charge is 2.23. The molecule has 9 heteroatoms. The first-order valence-corrected chi connectivity index (χ1v) is 29.0. The largest absolute Gasteiger partial charge is 0.756 e. The van der Waals surface area contributed by atoms with Gasteiger partial charge in [-0.3, -0.25) is 9.36 Å². The van der Waals surface area contributed by atoms with Crippen LogP contribution in [-0.4, -0.2) is 68.5 Å². The Morgan fingerprint density at radius 1 is 0.540 bits per heavy atom. The van der Waals surface area contributed by atoms with Crippen molar-refractivity contribution in [3.63, 3.8) is 0 Å². The minimum absolute atomic E-state index is 0.00260. The minimum atomic E-state index is -4.59. The smallest absolute Gasteiger partial charge is 0.268 e. The van der Waals surface area contributed by atoms with Crippen LogP contribution < -0.4 is 10.2 Å². The van der Waals surface area contributed by atoms with Gasteiger partial charge in [0, 0.05) is 6.42 Å². The summed E-state index contributed by atoms with van der Waals surface area (Å²) in [5.41, 5.74) is 0. The Balaban J connectivity index is 4.22. The van der Waals surface area contributed by atoms with Crippen LogP contribution in [-0.2, 0) is 18.4 Å². The number of amides is 1. The summed E-state index contributed by atoms with van der Waals surface area (Å²) in [6, 6.07) is -0.881. The van der Waals surface area contributed by atoms with Crippen LogP contribution in [0.4, 0.5) is 0 Å². The lowest BCUT2D eigenvalue weighted by Gasteiger charge is -2.29. The van der Waals surface area contributed by atoms with Crippen molar-refractivity contribution in [2.75, 3.05) is 40.9 Å². The Labute approximate surface area is 392 Å². The third kappa shape index (κ3) is 49.0. The number of aliphatic hydroxyl groups is 1. The number of quaternary nitrogens is 1. The van der Waals surface area contributed by atoms with E-state index in [1.54, 1.807) is 6.08 Å². The number of hydrogen-bond acceptors (Lipinski definition) is 6. The van der Waals surface area contributed by atoms with Crippen LogP contribution in [0.1, 0.15) is 277 Å². The fourth-order valence-corrected chi connectivity index (χ4v) is 9.11. The van der Waals surface area contributed by atoms with Crippen molar-refractivity contribution >= 4 is 13.7 Å². The quantitative estimate of drug-likeness (QED) is 0.0272. The van der Waals surface area contributed by atoms with Crippen LogP contribution in [0.2, 0.25) is 0 Å². The molecule has 0 saturated carbocycles. The van der Waals surface area contributed by atoms with E-state index >= 15 is 0 Å². The van der Waals surface area contributed by atoms with Gasteiger partial charge in [0.25, 0.3) is 7.82 Å². The summed E-state index contributed by atoms with van der Waals surface area (Å²) >= 11 is 0. The van der Waals surface area contributed by atoms with Gasteiger partial charge in [-0.25, -0.2) is 0 Å². The van der Waals surface area contributed by atoms with Crippen molar-refractivity contribution in [1.29, 1.82) is 0 Å². The number of nitrogens with one attached hydrogen (secondary N) is 1. The topological polar surface area (TPSA) is 108 Å². The van der Waals surface area contributed by atoms with E-state index in [-0.39, 0.29) is 19.1 Å². The third-order valence-electron chi connectivity index (χ3n) is 12.7. The van der Waals surface area contributed by atoms with E-state index in [1.165, 1.54) is 218 Å². The Bertz CT molecular complexity index is 1040. The summed E-state index contributed by atoms with van der Waals surface area (Å²) in [4.78, 5) is 25.5. The minimum Gasteiger partial charge on any atom is -0.756 e. The molecule has 0 radical (unpaired) electrons. The number of carbonyl (C=O) groups is 1. The molecule has 2 N–H and O–H groups in total. The van der Waals surface area contributed by atoms with Gasteiger partial charge in [-0.1, -0.05) is 264 Å².